The molecule has 5 nitrogen and oxygen atoms in total. The lowest BCUT2D eigenvalue weighted by Gasteiger charge is -2.28. The first kappa shape index (κ1) is 15.3. The van der Waals surface area contributed by atoms with Crippen LogP contribution in [0.5, 0.6) is 0 Å². The molecule has 0 spiro atoms. The normalized spacial score (nSPS) is 18.0. The molecule has 1 aliphatic rings. The van der Waals surface area contributed by atoms with Gasteiger partial charge in [0.25, 0.3) is 0 Å². The Kier molecular flexibility index (Phi) is 4.66. The van der Waals surface area contributed by atoms with Crippen LogP contribution in [0.3, 0.4) is 0 Å². The molecule has 22 heavy (non-hydrogen) atoms. The van der Waals surface area contributed by atoms with Crippen LogP contribution < -0.4 is 10.6 Å². The number of rotatable bonds is 5. The van der Waals surface area contributed by atoms with E-state index in [4.69, 9.17) is 0 Å². The van der Waals surface area contributed by atoms with E-state index in [1.165, 1.54) is 32.1 Å². The summed E-state index contributed by atoms with van der Waals surface area (Å²) in [5.41, 5.74) is 1.51. The highest BCUT2D eigenvalue weighted by Crippen LogP contribution is 2.40. The third-order valence-electron chi connectivity index (χ3n) is 4.85. The molecular formula is C16H25N5S. The number of nitrogens with zero attached hydrogens (tertiary/aromatic N) is 3. The molecule has 0 radical (unpaired) electrons. The third-order valence-corrected chi connectivity index (χ3v) is 5.62. The van der Waals surface area contributed by atoms with Crippen molar-refractivity contribution in [1.82, 2.24) is 20.0 Å². The smallest absolute Gasteiger partial charge is 0.193 e. The monoisotopic (exact) mass is 319 g/mol. The first-order chi connectivity index (χ1) is 10.7. The van der Waals surface area contributed by atoms with E-state index in [1.54, 1.807) is 11.3 Å². The Balaban J connectivity index is 1.52. The number of fused-ring (bicyclic) bond motifs is 1. The van der Waals surface area contributed by atoms with Gasteiger partial charge < -0.3 is 10.6 Å². The standard InChI is InChI=1S/C16H25N5S/c1-3-16(6-4-5-7-16)12-19-14(17-2)18-10-13-11-21-8-9-22-15(21)20-13/h8-9,11H,3-7,10,12H2,1-2H3,(H2,17,18,19). The molecule has 0 atom stereocenters. The SMILES string of the molecule is CCC1(CNC(=NC)NCc2cn3ccsc3n2)CCCC1. The van der Waals surface area contributed by atoms with Crippen molar-refractivity contribution >= 4 is 22.3 Å². The van der Waals surface area contributed by atoms with Crippen LogP contribution in [-0.4, -0.2) is 28.9 Å². The molecule has 1 fully saturated rings. The van der Waals surface area contributed by atoms with Gasteiger partial charge in [0, 0.05) is 31.4 Å². The lowest BCUT2D eigenvalue weighted by atomic mass is 9.83. The van der Waals surface area contributed by atoms with Crippen molar-refractivity contribution in [3.63, 3.8) is 0 Å². The number of hydrogen-bond donors (Lipinski definition) is 2. The van der Waals surface area contributed by atoms with Gasteiger partial charge in [-0.1, -0.05) is 19.8 Å². The van der Waals surface area contributed by atoms with E-state index in [2.05, 4.69) is 38.1 Å². The van der Waals surface area contributed by atoms with E-state index in [1.807, 2.05) is 18.6 Å². The molecule has 0 bridgehead atoms. The molecule has 3 rings (SSSR count). The Morgan fingerprint density at radius 2 is 2.23 bits per heavy atom. The summed E-state index contributed by atoms with van der Waals surface area (Å²) in [6, 6.07) is 0. The maximum absolute atomic E-state index is 4.58. The summed E-state index contributed by atoms with van der Waals surface area (Å²) >= 11 is 1.66. The minimum Gasteiger partial charge on any atom is -0.356 e. The predicted octanol–water partition coefficient (Wildman–Crippen LogP) is 3.03. The lowest BCUT2D eigenvalue weighted by Crippen LogP contribution is -2.42. The van der Waals surface area contributed by atoms with Crippen LogP contribution in [0.1, 0.15) is 44.7 Å². The average molecular weight is 319 g/mol. The molecule has 0 aliphatic heterocycles. The molecule has 0 amide bonds. The van der Waals surface area contributed by atoms with Crippen LogP contribution >= 0.6 is 11.3 Å². The minimum absolute atomic E-state index is 0.467. The number of thiazole rings is 1. The molecule has 2 N–H and O–H groups in total. The molecule has 2 heterocycles. The average Bonchev–Trinajstić information content (AvgIpc) is 3.23. The van der Waals surface area contributed by atoms with Gasteiger partial charge in [0.1, 0.15) is 0 Å². The van der Waals surface area contributed by atoms with Crippen molar-refractivity contribution in [1.29, 1.82) is 0 Å². The molecule has 0 unspecified atom stereocenters. The van der Waals surface area contributed by atoms with Crippen LogP contribution in [0, 0.1) is 5.41 Å². The molecule has 0 aromatic carbocycles. The molecule has 2 aromatic rings. The second-order valence-electron chi connectivity index (χ2n) is 6.17. The Bertz CT molecular complexity index is 607. The van der Waals surface area contributed by atoms with Gasteiger partial charge in [-0.05, 0) is 24.7 Å². The Morgan fingerprint density at radius 3 is 2.91 bits per heavy atom. The maximum atomic E-state index is 4.58. The second kappa shape index (κ2) is 6.69. The van der Waals surface area contributed by atoms with Crippen LogP contribution in [-0.2, 0) is 6.54 Å². The summed E-state index contributed by atoms with van der Waals surface area (Å²) in [4.78, 5) is 9.95. The fourth-order valence-corrected chi connectivity index (χ4v) is 4.03. The van der Waals surface area contributed by atoms with E-state index in [-0.39, 0.29) is 0 Å². The van der Waals surface area contributed by atoms with Crippen molar-refractivity contribution in [2.75, 3.05) is 13.6 Å². The van der Waals surface area contributed by atoms with Crippen molar-refractivity contribution in [3.8, 4) is 0 Å². The van der Waals surface area contributed by atoms with E-state index >= 15 is 0 Å². The van der Waals surface area contributed by atoms with E-state index < -0.39 is 0 Å². The molecule has 1 saturated carbocycles. The van der Waals surface area contributed by atoms with Gasteiger partial charge in [0.2, 0.25) is 0 Å². The summed E-state index contributed by atoms with van der Waals surface area (Å²) in [5.74, 6) is 0.871. The van der Waals surface area contributed by atoms with Gasteiger partial charge in [-0.15, -0.1) is 11.3 Å². The van der Waals surface area contributed by atoms with Crippen molar-refractivity contribution < 1.29 is 0 Å². The summed E-state index contributed by atoms with van der Waals surface area (Å²) in [6.07, 6.45) is 10.8. The molecule has 6 heteroatoms. The zero-order valence-corrected chi connectivity index (χ0v) is 14.2. The summed E-state index contributed by atoms with van der Waals surface area (Å²) in [5, 5.41) is 8.92. The first-order valence-electron chi connectivity index (χ1n) is 8.10. The number of imidazole rings is 1. The first-order valence-corrected chi connectivity index (χ1v) is 8.98. The minimum atomic E-state index is 0.467. The molecule has 120 valence electrons. The van der Waals surface area contributed by atoms with Crippen LogP contribution in [0.25, 0.3) is 4.96 Å². The second-order valence-corrected chi connectivity index (χ2v) is 7.04. The van der Waals surface area contributed by atoms with Gasteiger partial charge in [-0.3, -0.25) is 9.39 Å². The van der Waals surface area contributed by atoms with Gasteiger partial charge >= 0.3 is 0 Å². The third kappa shape index (κ3) is 3.27. The fraction of sp³-hybridized carbons (Fsp3) is 0.625. The van der Waals surface area contributed by atoms with E-state index in [0.717, 1.165) is 23.2 Å². The zero-order chi connectivity index (χ0) is 15.4. The van der Waals surface area contributed by atoms with Crippen molar-refractivity contribution in [3.05, 3.63) is 23.5 Å². The van der Waals surface area contributed by atoms with Crippen LogP contribution in [0.4, 0.5) is 0 Å². The molecule has 1 aliphatic carbocycles. The van der Waals surface area contributed by atoms with Gasteiger partial charge in [0.15, 0.2) is 10.9 Å². The molecule has 2 aromatic heterocycles. The zero-order valence-electron chi connectivity index (χ0n) is 13.4. The van der Waals surface area contributed by atoms with Crippen molar-refractivity contribution in [2.45, 2.75) is 45.6 Å². The van der Waals surface area contributed by atoms with Gasteiger partial charge in [-0.25, -0.2) is 4.98 Å². The number of nitrogens with one attached hydrogen (secondary N) is 2. The van der Waals surface area contributed by atoms with E-state index in [9.17, 15) is 0 Å². The maximum Gasteiger partial charge on any atom is 0.193 e. The summed E-state index contributed by atoms with van der Waals surface area (Å²) < 4.78 is 2.06. The lowest BCUT2D eigenvalue weighted by molar-refractivity contribution is 0.283. The summed E-state index contributed by atoms with van der Waals surface area (Å²) in [6.45, 7) is 4.02. The molecule has 0 saturated heterocycles. The van der Waals surface area contributed by atoms with E-state index in [0.29, 0.717) is 12.0 Å². The van der Waals surface area contributed by atoms with Crippen molar-refractivity contribution in [2.24, 2.45) is 10.4 Å². The number of aliphatic imine (C=N–C) groups is 1. The Morgan fingerprint density at radius 1 is 1.41 bits per heavy atom. The van der Waals surface area contributed by atoms with Gasteiger partial charge in [0.05, 0.1) is 12.2 Å². The highest BCUT2D eigenvalue weighted by atomic mass is 32.1. The summed E-state index contributed by atoms with van der Waals surface area (Å²) in [7, 11) is 1.83. The predicted molar refractivity (Wildman–Crippen MR) is 92.5 cm³/mol. The number of hydrogen-bond acceptors (Lipinski definition) is 3. The number of aromatic nitrogens is 2. The topological polar surface area (TPSA) is 53.7 Å². The fourth-order valence-electron chi connectivity index (χ4n) is 3.31. The quantitative estimate of drug-likeness (QED) is 0.658. The van der Waals surface area contributed by atoms with Crippen LogP contribution in [0.15, 0.2) is 22.8 Å². The van der Waals surface area contributed by atoms with Crippen LogP contribution in [0.2, 0.25) is 0 Å². The Hall–Kier alpha value is -1.56. The highest BCUT2D eigenvalue weighted by Gasteiger charge is 2.31. The highest BCUT2D eigenvalue weighted by molar-refractivity contribution is 7.15. The van der Waals surface area contributed by atoms with Gasteiger partial charge in [-0.2, -0.15) is 0 Å². The largest absolute Gasteiger partial charge is 0.356 e. The molecular weight excluding hydrogens is 294 g/mol. The Labute approximate surface area is 135 Å². The number of guanidine groups is 1.